The summed E-state index contributed by atoms with van der Waals surface area (Å²) in [5, 5.41) is 7.08. The molecule has 4 N–H and O–H groups in total. The molecule has 0 bridgehead atoms. The highest BCUT2D eigenvalue weighted by Crippen LogP contribution is 2.33. The molecule has 118 valence electrons. The molecule has 0 radical (unpaired) electrons. The summed E-state index contributed by atoms with van der Waals surface area (Å²) in [4.78, 5) is 8.27. The van der Waals surface area contributed by atoms with Gasteiger partial charge in [-0.15, -0.1) is 0 Å². The van der Waals surface area contributed by atoms with Crippen molar-refractivity contribution in [3.8, 4) is 0 Å². The number of benzene rings is 1. The lowest BCUT2D eigenvalue weighted by Crippen LogP contribution is -2.10. The van der Waals surface area contributed by atoms with E-state index in [0.29, 0.717) is 46.2 Å². The number of hydrogen-bond acceptors (Lipinski definition) is 6. The summed E-state index contributed by atoms with van der Waals surface area (Å²) >= 11 is 12.1. The normalized spacial score (nSPS) is 10.5. The van der Waals surface area contributed by atoms with Gasteiger partial charge in [-0.1, -0.05) is 29.3 Å². The fourth-order valence-electron chi connectivity index (χ4n) is 1.79. The van der Waals surface area contributed by atoms with Gasteiger partial charge in [-0.25, -0.2) is 9.97 Å². The molecule has 2 aromatic rings. The minimum absolute atomic E-state index is 0.413. The first kappa shape index (κ1) is 16.6. The van der Waals surface area contributed by atoms with Crippen LogP contribution < -0.4 is 16.4 Å². The lowest BCUT2D eigenvalue weighted by atomic mass is 10.3. The van der Waals surface area contributed by atoms with Crippen LogP contribution >= 0.6 is 23.2 Å². The Balaban J connectivity index is 2.13. The molecule has 1 aromatic heterocycles. The lowest BCUT2D eigenvalue weighted by molar-refractivity contribution is 0.198. The highest BCUT2D eigenvalue weighted by atomic mass is 35.5. The number of nitrogens with two attached hydrogens (primary N) is 1. The van der Waals surface area contributed by atoms with E-state index in [4.69, 9.17) is 33.7 Å². The van der Waals surface area contributed by atoms with Gasteiger partial charge in [0, 0.05) is 20.3 Å². The molecule has 0 atom stereocenters. The first-order chi connectivity index (χ1) is 10.6. The third-order valence-corrected chi connectivity index (χ3v) is 3.73. The first-order valence-electron chi connectivity index (χ1n) is 6.67. The fourth-order valence-corrected chi connectivity index (χ4v) is 2.14. The topological polar surface area (TPSA) is 85.1 Å². The number of aromatic nitrogens is 2. The van der Waals surface area contributed by atoms with Crippen molar-refractivity contribution in [1.29, 1.82) is 0 Å². The zero-order chi connectivity index (χ0) is 15.9. The highest BCUT2D eigenvalue weighted by Gasteiger charge is 2.10. The van der Waals surface area contributed by atoms with Gasteiger partial charge in [-0.2, -0.15) is 0 Å². The van der Waals surface area contributed by atoms with Crippen LogP contribution in [0.3, 0.4) is 0 Å². The minimum atomic E-state index is 0.413. The van der Waals surface area contributed by atoms with Crippen LogP contribution in [0.5, 0.6) is 0 Å². The van der Waals surface area contributed by atoms with Crippen molar-refractivity contribution in [3.05, 3.63) is 34.6 Å². The predicted molar refractivity (Wildman–Crippen MR) is 91.2 cm³/mol. The monoisotopic (exact) mass is 341 g/mol. The Labute approximate surface area is 139 Å². The Kier molecular flexibility index (Phi) is 6.06. The summed E-state index contributed by atoms with van der Waals surface area (Å²) in [6.45, 7) is 1.37. The summed E-state index contributed by atoms with van der Waals surface area (Å²) < 4.78 is 4.99. The smallest absolute Gasteiger partial charge is 0.159 e. The Bertz CT molecular complexity index is 639. The summed E-state index contributed by atoms with van der Waals surface area (Å²) in [6.07, 6.45) is 2.28. The van der Waals surface area contributed by atoms with Gasteiger partial charge >= 0.3 is 0 Å². The second kappa shape index (κ2) is 8.03. The Morgan fingerprint density at radius 2 is 2.00 bits per heavy atom. The molecule has 0 saturated heterocycles. The molecule has 1 aromatic carbocycles. The van der Waals surface area contributed by atoms with Gasteiger partial charge in [0.1, 0.15) is 12.0 Å². The summed E-state index contributed by atoms with van der Waals surface area (Å²) in [5.74, 6) is 1.03. The van der Waals surface area contributed by atoms with Crippen LogP contribution in [0.25, 0.3) is 0 Å². The lowest BCUT2D eigenvalue weighted by Gasteiger charge is -2.13. The van der Waals surface area contributed by atoms with Crippen LogP contribution in [0.2, 0.25) is 10.0 Å². The SMILES string of the molecule is COCCCNc1ncnc(Nc2cccc(Cl)c2Cl)c1N. The number of halogens is 2. The molecule has 1 heterocycles. The molecular weight excluding hydrogens is 325 g/mol. The van der Waals surface area contributed by atoms with Gasteiger partial charge in [-0.3, -0.25) is 0 Å². The number of rotatable bonds is 7. The van der Waals surface area contributed by atoms with Crippen LogP contribution in [0.15, 0.2) is 24.5 Å². The fraction of sp³-hybridized carbons (Fsp3) is 0.286. The molecule has 0 amide bonds. The van der Waals surface area contributed by atoms with Crippen molar-refractivity contribution in [1.82, 2.24) is 9.97 Å². The quantitative estimate of drug-likeness (QED) is 0.667. The van der Waals surface area contributed by atoms with E-state index in [-0.39, 0.29) is 0 Å². The molecule has 0 aliphatic rings. The van der Waals surface area contributed by atoms with Crippen LogP contribution in [-0.4, -0.2) is 30.2 Å². The van der Waals surface area contributed by atoms with E-state index >= 15 is 0 Å². The van der Waals surface area contributed by atoms with E-state index in [1.54, 1.807) is 25.3 Å². The van der Waals surface area contributed by atoms with Crippen molar-refractivity contribution >= 4 is 46.2 Å². The van der Waals surface area contributed by atoms with Crippen LogP contribution in [-0.2, 0) is 4.74 Å². The summed E-state index contributed by atoms with van der Waals surface area (Å²) in [5.41, 5.74) is 7.12. The number of nitrogens with zero attached hydrogens (tertiary/aromatic N) is 2. The van der Waals surface area contributed by atoms with E-state index in [0.717, 1.165) is 6.42 Å². The Morgan fingerprint density at radius 3 is 2.77 bits per heavy atom. The molecule has 0 aliphatic heterocycles. The second-order valence-electron chi connectivity index (χ2n) is 4.48. The number of nitrogen functional groups attached to an aromatic ring is 1. The van der Waals surface area contributed by atoms with Gasteiger partial charge in [0.25, 0.3) is 0 Å². The van der Waals surface area contributed by atoms with Gasteiger partial charge in [-0.05, 0) is 18.6 Å². The molecule has 0 aliphatic carbocycles. The zero-order valence-corrected chi connectivity index (χ0v) is 13.6. The number of methoxy groups -OCH3 is 1. The van der Waals surface area contributed by atoms with Gasteiger partial charge in [0.2, 0.25) is 0 Å². The summed E-state index contributed by atoms with van der Waals surface area (Å²) in [7, 11) is 1.66. The summed E-state index contributed by atoms with van der Waals surface area (Å²) in [6, 6.07) is 5.29. The molecule has 8 heteroatoms. The molecular formula is C14H17Cl2N5O. The second-order valence-corrected chi connectivity index (χ2v) is 5.27. The first-order valence-corrected chi connectivity index (χ1v) is 7.43. The van der Waals surface area contributed by atoms with Crippen molar-refractivity contribution in [2.75, 3.05) is 36.6 Å². The van der Waals surface area contributed by atoms with Crippen LogP contribution in [0.4, 0.5) is 23.0 Å². The Hall–Kier alpha value is -1.76. The van der Waals surface area contributed by atoms with E-state index in [2.05, 4.69) is 20.6 Å². The average molecular weight is 342 g/mol. The molecule has 0 fully saturated rings. The van der Waals surface area contributed by atoms with E-state index in [9.17, 15) is 0 Å². The molecule has 6 nitrogen and oxygen atoms in total. The van der Waals surface area contributed by atoms with Crippen LogP contribution in [0.1, 0.15) is 6.42 Å². The molecule has 22 heavy (non-hydrogen) atoms. The maximum atomic E-state index is 6.15. The average Bonchev–Trinajstić information content (AvgIpc) is 2.51. The molecule has 2 rings (SSSR count). The molecule has 0 spiro atoms. The Morgan fingerprint density at radius 1 is 1.23 bits per heavy atom. The number of hydrogen-bond donors (Lipinski definition) is 3. The maximum absolute atomic E-state index is 6.15. The van der Waals surface area contributed by atoms with Crippen molar-refractivity contribution in [2.24, 2.45) is 0 Å². The van der Waals surface area contributed by atoms with Crippen molar-refractivity contribution < 1.29 is 4.74 Å². The van der Waals surface area contributed by atoms with E-state index in [1.165, 1.54) is 6.33 Å². The predicted octanol–water partition coefficient (Wildman–Crippen LogP) is 3.56. The zero-order valence-electron chi connectivity index (χ0n) is 12.1. The van der Waals surface area contributed by atoms with E-state index < -0.39 is 0 Å². The number of ether oxygens (including phenoxy) is 1. The third-order valence-electron chi connectivity index (χ3n) is 2.91. The molecule has 0 saturated carbocycles. The number of nitrogens with one attached hydrogen (secondary N) is 2. The maximum Gasteiger partial charge on any atom is 0.159 e. The third kappa shape index (κ3) is 4.13. The highest BCUT2D eigenvalue weighted by molar-refractivity contribution is 6.43. The van der Waals surface area contributed by atoms with Crippen molar-refractivity contribution in [3.63, 3.8) is 0 Å². The van der Waals surface area contributed by atoms with Crippen molar-refractivity contribution in [2.45, 2.75) is 6.42 Å². The minimum Gasteiger partial charge on any atom is -0.393 e. The van der Waals surface area contributed by atoms with Crippen LogP contribution in [0, 0.1) is 0 Å². The standard InChI is InChI=1S/C14H17Cl2N5O/c1-22-7-3-6-18-13-12(17)14(20-8-19-13)21-10-5-2-4-9(15)11(10)16/h2,4-5,8H,3,6-7,17H2,1H3,(H2,18,19,20,21). The van der Waals surface area contributed by atoms with Gasteiger partial charge in [0.05, 0.1) is 15.7 Å². The largest absolute Gasteiger partial charge is 0.393 e. The number of anilines is 4. The van der Waals surface area contributed by atoms with Gasteiger partial charge in [0.15, 0.2) is 11.6 Å². The van der Waals surface area contributed by atoms with E-state index in [1.807, 2.05) is 0 Å². The van der Waals surface area contributed by atoms with Gasteiger partial charge < -0.3 is 21.1 Å². The molecule has 0 unspecified atom stereocenters.